The van der Waals surface area contributed by atoms with E-state index in [1.807, 2.05) is 45.0 Å². The first kappa shape index (κ1) is 30.0. The number of likely N-dealkylation sites (N-methyl/N-ethyl adjacent to an activating group) is 1. The number of methoxy groups -OCH3 is 1. The topological polar surface area (TPSA) is 82.4 Å². The monoisotopic (exact) mass is 593 g/mol. The van der Waals surface area contributed by atoms with E-state index in [0.717, 1.165) is 0 Å². The van der Waals surface area contributed by atoms with Gasteiger partial charge in [0.2, 0.25) is 0 Å². The van der Waals surface area contributed by atoms with Crippen LogP contribution in [-0.2, 0) is 4.79 Å². The van der Waals surface area contributed by atoms with Crippen LogP contribution in [0.1, 0.15) is 44.9 Å². The normalized spacial score (nSPS) is 14.7. The van der Waals surface area contributed by atoms with Crippen LogP contribution in [-0.4, -0.2) is 48.8 Å². The number of para-hydroxylation sites is 1. The van der Waals surface area contributed by atoms with Crippen LogP contribution >= 0.6 is 22.9 Å². The number of aromatic nitrogens is 1. The van der Waals surface area contributed by atoms with E-state index in [1.165, 1.54) is 11.3 Å². The van der Waals surface area contributed by atoms with Crippen LogP contribution in [0.3, 0.4) is 0 Å². The molecule has 0 unspecified atom stereocenters. The Hall–Kier alpha value is -4.00. The lowest BCUT2D eigenvalue weighted by atomic mass is 9.94. The molecule has 0 spiro atoms. The predicted octanol–water partition coefficient (Wildman–Crippen LogP) is 4.18. The molecule has 8 nitrogen and oxygen atoms in total. The summed E-state index contributed by atoms with van der Waals surface area (Å²) >= 11 is 7.76. The fraction of sp³-hybridized carbons (Fsp3) is 0.323. The van der Waals surface area contributed by atoms with Crippen molar-refractivity contribution in [2.75, 3.05) is 33.4 Å². The molecular formula is C31H32ClN3O5S. The average Bonchev–Trinajstić information content (AvgIpc) is 3.26. The van der Waals surface area contributed by atoms with Crippen LogP contribution in [0.25, 0.3) is 6.08 Å². The van der Waals surface area contributed by atoms with Crippen LogP contribution in [0.4, 0.5) is 0 Å². The van der Waals surface area contributed by atoms with Crippen LogP contribution in [0.15, 0.2) is 57.5 Å². The fourth-order valence-electron chi connectivity index (χ4n) is 4.80. The van der Waals surface area contributed by atoms with Crippen molar-refractivity contribution in [3.8, 4) is 29.6 Å². The molecule has 0 bridgehead atoms. The van der Waals surface area contributed by atoms with Gasteiger partial charge in [-0.2, -0.15) is 0 Å². The van der Waals surface area contributed by atoms with Gasteiger partial charge in [-0.25, -0.2) is 4.99 Å². The number of nitrogens with zero attached hydrogens (tertiary/aromatic N) is 3. The molecule has 1 aliphatic rings. The minimum absolute atomic E-state index is 0.0363. The van der Waals surface area contributed by atoms with Gasteiger partial charge in [0, 0.05) is 18.7 Å². The zero-order valence-corrected chi connectivity index (χ0v) is 25.3. The number of hydrogen-bond donors (Lipinski definition) is 0. The number of halogens is 1. The molecule has 2 aromatic carbocycles. The lowest BCUT2D eigenvalue weighted by molar-refractivity contribution is -0.127. The van der Waals surface area contributed by atoms with Crippen molar-refractivity contribution in [3.63, 3.8) is 0 Å². The quantitative estimate of drug-likeness (QED) is 0.330. The molecule has 1 amide bonds. The van der Waals surface area contributed by atoms with Gasteiger partial charge < -0.3 is 19.1 Å². The van der Waals surface area contributed by atoms with Crippen molar-refractivity contribution in [1.82, 2.24) is 9.47 Å². The zero-order chi connectivity index (χ0) is 29.7. The second-order valence-corrected chi connectivity index (χ2v) is 10.5. The highest BCUT2D eigenvalue weighted by Crippen LogP contribution is 2.38. The molecule has 1 aromatic heterocycles. The van der Waals surface area contributed by atoms with E-state index in [1.54, 1.807) is 41.7 Å². The molecule has 0 saturated heterocycles. The van der Waals surface area contributed by atoms with Gasteiger partial charge in [-0.05, 0) is 57.5 Å². The Labute approximate surface area is 248 Å². The van der Waals surface area contributed by atoms with Crippen LogP contribution in [0.5, 0.6) is 17.2 Å². The van der Waals surface area contributed by atoms with E-state index in [0.29, 0.717) is 73.7 Å². The molecular weight excluding hydrogens is 562 g/mol. The number of rotatable bonds is 10. The summed E-state index contributed by atoms with van der Waals surface area (Å²) < 4.78 is 19.0. The maximum Gasteiger partial charge on any atom is 0.271 e. The first-order valence-corrected chi connectivity index (χ1v) is 14.5. The number of carbonyl (C=O) groups excluding carboxylic acids is 1. The first-order chi connectivity index (χ1) is 19.8. The maximum atomic E-state index is 14.1. The van der Waals surface area contributed by atoms with E-state index in [2.05, 4.69) is 5.92 Å². The van der Waals surface area contributed by atoms with E-state index < -0.39 is 6.04 Å². The lowest BCUT2D eigenvalue weighted by Crippen LogP contribution is -2.43. The summed E-state index contributed by atoms with van der Waals surface area (Å²) in [6.45, 7) is 8.98. The smallest absolute Gasteiger partial charge is 0.271 e. The third-order valence-corrected chi connectivity index (χ3v) is 7.93. The van der Waals surface area contributed by atoms with Gasteiger partial charge in [-0.1, -0.05) is 47.1 Å². The fourth-order valence-corrected chi connectivity index (χ4v) is 6.12. The Kier molecular flexibility index (Phi) is 9.58. The number of allylic oxidation sites excluding steroid dienone is 1. The number of hydrogen-bond acceptors (Lipinski definition) is 7. The van der Waals surface area contributed by atoms with Gasteiger partial charge in [0.25, 0.3) is 11.5 Å². The van der Waals surface area contributed by atoms with Gasteiger partial charge in [-0.3, -0.25) is 14.2 Å². The highest BCUT2D eigenvalue weighted by Gasteiger charge is 2.35. The second-order valence-electron chi connectivity index (χ2n) is 9.06. The number of fused-ring (bicyclic) bond motifs is 1. The third-order valence-electron chi connectivity index (χ3n) is 6.67. The minimum Gasteiger partial charge on any atom is -0.496 e. The molecule has 0 N–H and O–H groups in total. The van der Waals surface area contributed by atoms with E-state index in [4.69, 9.17) is 37.2 Å². The number of carbonyl (C=O) groups is 1. The largest absolute Gasteiger partial charge is 0.496 e. The van der Waals surface area contributed by atoms with Gasteiger partial charge in [-0.15, -0.1) is 6.42 Å². The molecule has 0 fully saturated rings. The SMILES string of the molecule is C#CCOc1c(Cl)cc(/C=c2/sc3n(c2=O)[C@H](c2ccccc2OC)C(C(=O)N(CC)CC)=C(C)N=3)cc1OCC. The molecule has 0 saturated carbocycles. The number of terminal acetylenes is 1. The molecule has 0 aliphatic carbocycles. The molecule has 0 radical (unpaired) electrons. The van der Waals surface area contributed by atoms with Crippen molar-refractivity contribution in [2.24, 2.45) is 4.99 Å². The van der Waals surface area contributed by atoms with Gasteiger partial charge in [0.1, 0.15) is 18.4 Å². The molecule has 10 heteroatoms. The lowest BCUT2D eigenvalue weighted by Gasteiger charge is -2.29. The van der Waals surface area contributed by atoms with Crippen molar-refractivity contribution in [3.05, 3.63) is 83.5 Å². The summed E-state index contributed by atoms with van der Waals surface area (Å²) in [5.74, 6) is 3.59. The van der Waals surface area contributed by atoms with Crippen LogP contribution < -0.4 is 29.1 Å². The summed E-state index contributed by atoms with van der Waals surface area (Å²) in [5, 5.41) is 0.306. The molecule has 214 valence electrons. The van der Waals surface area contributed by atoms with Crippen LogP contribution in [0.2, 0.25) is 5.02 Å². The summed E-state index contributed by atoms with van der Waals surface area (Å²) in [7, 11) is 1.57. The minimum atomic E-state index is -0.722. The Morgan fingerprint density at radius 1 is 1.20 bits per heavy atom. The van der Waals surface area contributed by atoms with Crippen LogP contribution in [0, 0.1) is 12.3 Å². The van der Waals surface area contributed by atoms with Crippen molar-refractivity contribution in [1.29, 1.82) is 0 Å². The van der Waals surface area contributed by atoms with E-state index in [9.17, 15) is 9.59 Å². The molecule has 2 heterocycles. The first-order valence-electron chi connectivity index (χ1n) is 13.3. The van der Waals surface area contributed by atoms with E-state index >= 15 is 0 Å². The Balaban J connectivity index is 1.95. The number of benzene rings is 2. The highest BCUT2D eigenvalue weighted by atomic mass is 35.5. The number of amides is 1. The van der Waals surface area contributed by atoms with Gasteiger partial charge >= 0.3 is 0 Å². The van der Waals surface area contributed by atoms with E-state index in [-0.39, 0.29) is 18.1 Å². The molecule has 41 heavy (non-hydrogen) atoms. The third kappa shape index (κ3) is 5.90. The zero-order valence-electron chi connectivity index (χ0n) is 23.7. The standard InChI is InChI=1S/C31H32ClN3O5S/c1-7-15-40-28-22(32)16-20(17-24(28)39-10-4)18-25-29(36)35-27(21-13-11-12-14-23(21)38-6)26(19(5)33-31(35)41-25)30(37)34(8-2)9-3/h1,11-14,16-18,27H,8-10,15H2,2-6H3/b25-18+/t27-/m1/s1. The highest BCUT2D eigenvalue weighted by molar-refractivity contribution is 7.07. The number of thiazole rings is 1. The molecule has 1 aliphatic heterocycles. The van der Waals surface area contributed by atoms with Gasteiger partial charge in [0.05, 0.1) is 34.5 Å². The van der Waals surface area contributed by atoms with Crippen molar-refractivity contribution >= 4 is 34.9 Å². The molecule has 1 atom stereocenters. The molecule has 4 rings (SSSR count). The maximum absolute atomic E-state index is 14.1. The Bertz CT molecular complexity index is 1710. The van der Waals surface area contributed by atoms with Crippen molar-refractivity contribution in [2.45, 2.75) is 33.7 Å². The summed E-state index contributed by atoms with van der Waals surface area (Å²) in [6.07, 6.45) is 7.07. The van der Waals surface area contributed by atoms with Crippen molar-refractivity contribution < 1.29 is 19.0 Å². The summed E-state index contributed by atoms with van der Waals surface area (Å²) in [5.41, 5.74) is 2.05. The Morgan fingerprint density at radius 3 is 2.59 bits per heavy atom. The Morgan fingerprint density at radius 2 is 1.93 bits per heavy atom. The average molecular weight is 594 g/mol. The van der Waals surface area contributed by atoms with Gasteiger partial charge in [0.15, 0.2) is 16.3 Å². The number of ether oxygens (including phenoxy) is 3. The molecule has 3 aromatic rings. The summed E-state index contributed by atoms with van der Waals surface area (Å²) in [6, 6.07) is 10.1. The predicted molar refractivity (Wildman–Crippen MR) is 162 cm³/mol. The second kappa shape index (κ2) is 13.1. The summed E-state index contributed by atoms with van der Waals surface area (Å²) in [4.78, 5) is 34.8.